The largest absolute Gasteiger partial charge is 0.338 e. The summed E-state index contributed by atoms with van der Waals surface area (Å²) in [6.45, 7) is 1.44. The van der Waals surface area contributed by atoms with E-state index in [9.17, 15) is 14.0 Å². The van der Waals surface area contributed by atoms with Crippen LogP contribution in [0.15, 0.2) is 42.5 Å². The number of hydrogen-bond donors (Lipinski definition) is 1. The van der Waals surface area contributed by atoms with Crippen LogP contribution in [0.25, 0.3) is 11.4 Å². The van der Waals surface area contributed by atoms with Gasteiger partial charge < -0.3 is 9.80 Å². The van der Waals surface area contributed by atoms with Crippen LogP contribution in [-0.4, -0.2) is 62.6 Å². The summed E-state index contributed by atoms with van der Waals surface area (Å²) in [6, 6.07) is 10.8. The molecular weight excluding hydrogens is 476 g/mol. The molecule has 1 N–H and O–H groups in total. The van der Waals surface area contributed by atoms with E-state index < -0.39 is 5.82 Å². The second-order valence-electron chi connectivity index (χ2n) is 7.24. The number of halogens is 3. The first kappa shape index (κ1) is 22.4. The van der Waals surface area contributed by atoms with Crippen molar-refractivity contribution >= 4 is 47.2 Å². The summed E-state index contributed by atoms with van der Waals surface area (Å²) in [6.07, 6.45) is 0. The molecule has 3 aromatic rings. The molecule has 2 aromatic carbocycles. The van der Waals surface area contributed by atoms with E-state index >= 15 is 0 Å². The Balaban J connectivity index is 1.41. The molecule has 1 saturated heterocycles. The number of amides is 2. The first-order chi connectivity index (χ1) is 15.3. The van der Waals surface area contributed by atoms with Gasteiger partial charge in [-0.3, -0.25) is 19.3 Å². The molecule has 0 atom stereocenters. The molecule has 0 unspecified atom stereocenters. The number of aromatic nitrogens is 3. The van der Waals surface area contributed by atoms with Crippen LogP contribution in [0.2, 0.25) is 10.0 Å². The van der Waals surface area contributed by atoms with Crippen molar-refractivity contribution in [2.45, 2.75) is 6.54 Å². The molecule has 32 heavy (non-hydrogen) atoms. The summed E-state index contributed by atoms with van der Waals surface area (Å²) < 4.78 is 15.2. The zero-order chi connectivity index (χ0) is 22.8. The molecule has 7 nitrogen and oxygen atoms in total. The fourth-order valence-electron chi connectivity index (χ4n) is 3.51. The van der Waals surface area contributed by atoms with E-state index in [1.807, 2.05) is 0 Å². The van der Waals surface area contributed by atoms with Crippen molar-refractivity contribution in [2.24, 2.45) is 0 Å². The molecule has 0 saturated carbocycles. The topological polar surface area (TPSA) is 74.2 Å². The fraction of sp³-hybridized carbons (Fsp3) is 0.238. The van der Waals surface area contributed by atoms with Gasteiger partial charge in [0.1, 0.15) is 12.4 Å². The normalized spacial score (nSPS) is 14.0. The highest BCUT2D eigenvalue weighted by atomic mass is 35.5. The van der Waals surface area contributed by atoms with Crippen LogP contribution in [0.4, 0.5) is 4.39 Å². The minimum Gasteiger partial charge on any atom is -0.338 e. The zero-order valence-corrected chi connectivity index (χ0v) is 19.1. The maximum Gasteiger partial charge on any atom is 0.255 e. The number of benzene rings is 2. The lowest BCUT2D eigenvalue weighted by Gasteiger charge is -2.35. The Labute approximate surface area is 198 Å². The van der Waals surface area contributed by atoms with Crippen LogP contribution in [0.3, 0.4) is 0 Å². The molecule has 166 valence electrons. The Kier molecular flexibility index (Phi) is 6.59. The molecule has 1 aliphatic rings. The van der Waals surface area contributed by atoms with Crippen molar-refractivity contribution in [3.8, 4) is 11.4 Å². The highest BCUT2D eigenvalue weighted by Crippen LogP contribution is 2.22. The minimum absolute atomic E-state index is 0.0189. The van der Waals surface area contributed by atoms with Gasteiger partial charge in [0.05, 0.1) is 10.6 Å². The van der Waals surface area contributed by atoms with Crippen LogP contribution < -0.4 is 0 Å². The number of aromatic amines is 1. The monoisotopic (exact) mass is 493 g/mol. The Morgan fingerprint density at radius 1 is 1.03 bits per heavy atom. The first-order valence-electron chi connectivity index (χ1n) is 9.77. The Morgan fingerprint density at radius 3 is 2.34 bits per heavy atom. The maximum atomic E-state index is 13.3. The van der Waals surface area contributed by atoms with E-state index in [-0.39, 0.29) is 28.9 Å². The average molecular weight is 494 g/mol. The molecule has 11 heteroatoms. The molecule has 0 radical (unpaired) electrons. The lowest BCUT2D eigenvalue weighted by Crippen LogP contribution is -2.51. The van der Waals surface area contributed by atoms with Crippen LogP contribution in [0.1, 0.15) is 10.4 Å². The molecule has 0 bridgehead atoms. The van der Waals surface area contributed by atoms with Crippen molar-refractivity contribution in [1.82, 2.24) is 24.6 Å². The summed E-state index contributed by atoms with van der Waals surface area (Å²) in [5.41, 5.74) is 1.02. The molecule has 0 spiro atoms. The van der Waals surface area contributed by atoms with Crippen LogP contribution in [0.5, 0.6) is 0 Å². The number of rotatable bonds is 4. The number of hydrogen-bond acceptors (Lipinski definition) is 4. The van der Waals surface area contributed by atoms with Gasteiger partial charge in [0.15, 0.2) is 10.6 Å². The zero-order valence-electron chi connectivity index (χ0n) is 16.7. The molecule has 1 aromatic heterocycles. The fourth-order valence-corrected chi connectivity index (χ4v) is 4.08. The molecule has 1 fully saturated rings. The average Bonchev–Trinajstić information content (AvgIpc) is 3.14. The van der Waals surface area contributed by atoms with Crippen LogP contribution in [0, 0.1) is 10.6 Å². The van der Waals surface area contributed by atoms with Crippen molar-refractivity contribution in [1.29, 1.82) is 0 Å². The van der Waals surface area contributed by atoms with Crippen LogP contribution >= 0.6 is 35.4 Å². The molecule has 4 rings (SSSR count). The van der Waals surface area contributed by atoms with Gasteiger partial charge in [0, 0.05) is 36.8 Å². The number of nitrogens with zero attached hydrogens (tertiary/aromatic N) is 4. The van der Waals surface area contributed by atoms with Crippen molar-refractivity contribution < 1.29 is 14.0 Å². The minimum atomic E-state index is -0.502. The second-order valence-corrected chi connectivity index (χ2v) is 8.47. The molecule has 1 aliphatic heterocycles. The molecule has 0 aliphatic carbocycles. The van der Waals surface area contributed by atoms with Gasteiger partial charge >= 0.3 is 0 Å². The number of piperazine rings is 1. The van der Waals surface area contributed by atoms with E-state index in [0.29, 0.717) is 41.8 Å². The van der Waals surface area contributed by atoms with Gasteiger partial charge in [0.2, 0.25) is 5.91 Å². The highest BCUT2D eigenvalue weighted by molar-refractivity contribution is 7.71. The highest BCUT2D eigenvalue weighted by Gasteiger charge is 2.26. The summed E-state index contributed by atoms with van der Waals surface area (Å²) in [7, 11) is 0. The second kappa shape index (κ2) is 9.40. The third kappa shape index (κ3) is 4.69. The Morgan fingerprint density at radius 2 is 1.69 bits per heavy atom. The van der Waals surface area contributed by atoms with Gasteiger partial charge in [-0.25, -0.2) is 4.39 Å². The standard InChI is InChI=1S/C21H18Cl2FN5O2S/c22-14-3-1-13(2-4-14)19-25-26-21(32)29(19)12-18(30)27-7-9-28(10-8-27)20(31)16-6-5-15(24)11-17(16)23/h1-6,11H,7-10,12H2,(H,26,32). The van der Waals surface area contributed by atoms with Gasteiger partial charge in [0.25, 0.3) is 5.91 Å². The lowest BCUT2D eigenvalue weighted by molar-refractivity contribution is -0.133. The van der Waals surface area contributed by atoms with Crippen LogP contribution in [-0.2, 0) is 11.3 Å². The molecule has 2 amide bonds. The number of nitrogens with one attached hydrogen (secondary N) is 1. The maximum absolute atomic E-state index is 13.3. The predicted molar refractivity (Wildman–Crippen MR) is 122 cm³/mol. The smallest absolute Gasteiger partial charge is 0.255 e. The van der Waals surface area contributed by atoms with E-state index in [1.54, 1.807) is 38.6 Å². The lowest BCUT2D eigenvalue weighted by atomic mass is 10.1. The van der Waals surface area contributed by atoms with Crippen molar-refractivity contribution in [2.75, 3.05) is 26.2 Å². The quantitative estimate of drug-likeness (QED) is 0.556. The van der Waals surface area contributed by atoms with Gasteiger partial charge in [-0.15, -0.1) is 0 Å². The summed E-state index contributed by atoms with van der Waals surface area (Å²) in [5.74, 6) is -0.383. The van der Waals surface area contributed by atoms with E-state index in [4.69, 9.17) is 35.4 Å². The van der Waals surface area contributed by atoms with Gasteiger partial charge in [-0.05, 0) is 54.7 Å². The van der Waals surface area contributed by atoms with Gasteiger partial charge in [-0.2, -0.15) is 5.10 Å². The van der Waals surface area contributed by atoms with Crippen molar-refractivity contribution in [3.05, 3.63) is 68.7 Å². The SMILES string of the molecule is O=C(Cn1c(-c2ccc(Cl)cc2)n[nH]c1=S)N1CCN(C(=O)c2ccc(F)cc2Cl)CC1. The number of carbonyl (C=O) groups is 2. The van der Waals surface area contributed by atoms with Crippen molar-refractivity contribution in [3.63, 3.8) is 0 Å². The third-order valence-corrected chi connectivity index (χ3v) is 6.11. The summed E-state index contributed by atoms with van der Waals surface area (Å²) >= 11 is 17.3. The first-order valence-corrected chi connectivity index (χ1v) is 10.9. The Hall–Kier alpha value is -2.75. The molecular formula is C21H18Cl2FN5O2S. The van der Waals surface area contributed by atoms with Gasteiger partial charge in [-0.1, -0.05) is 23.2 Å². The number of H-pyrrole nitrogens is 1. The summed E-state index contributed by atoms with van der Waals surface area (Å²) in [4.78, 5) is 28.9. The third-order valence-electron chi connectivity index (χ3n) is 5.24. The van der Waals surface area contributed by atoms with E-state index in [0.717, 1.165) is 11.6 Å². The Bertz CT molecular complexity index is 1220. The van der Waals surface area contributed by atoms with E-state index in [1.165, 1.54) is 12.1 Å². The summed E-state index contributed by atoms with van der Waals surface area (Å²) in [5, 5.41) is 7.63. The van der Waals surface area contributed by atoms with E-state index in [2.05, 4.69) is 10.2 Å². The molecule has 2 heterocycles. The predicted octanol–water partition coefficient (Wildman–Crippen LogP) is 4.04. The number of carbonyl (C=O) groups excluding carboxylic acids is 2.